The molecule has 0 unspecified atom stereocenters. The van der Waals surface area contributed by atoms with Crippen LogP contribution in [0.2, 0.25) is 0 Å². The second-order valence-electron chi connectivity index (χ2n) is 5.45. The van der Waals surface area contributed by atoms with Crippen LogP contribution in [0.1, 0.15) is 18.9 Å². The first kappa shape index (κ1) is 24.4. The minimum atomic E-state index is -0.716. The molecule has 31 heavy (non-hydrogen) atoms. The molecule has 13 nitrogen and oxygen atoms in total. The molecular formula is C18H16N7O6. The van der Waals surface area contributed by atoms with E-state index in [4.69, 9.17) is 11.7 Å². The van der Waals surface area contributed by atoms with E-state index in [1.54, 1.807) is 6.07 Å². The molecule has 3 amide bonds. The van der Waals surface area contributed by atoms with E-state index >= 15 is 0 Å². The van der Waals surface area contributed by atoms with Crippen LogP contribution < -0.4 is 33.1 Å². The van der Waals surface area contributed by atoms with E-state index in [1.807, 2.05) is 22.5 Å². The van der Waals surface area contributed by atoms with Crippen LogP contribution in [-0.2, 0) is 11.3 Å². The van der Waals surface area contributed by atoms with E-state index in [9.17, 15) is 28.8 Å². The van der Waals surface area contributed by atoms with Crippen molar-refractivity contribution < 1.29 is 9.59 Å². The van der Waals surface area contributed by atoms with Crippen molar-refractivity contribution >= 4 is 11.9 Å². The molecule has 0 atom stereocenters. The molecule has 1 saturated heterocycles. The lowest BCUT2D eigenvalue weighted by Gasteiger charge is -2.13. The van der Waals surface area contributed by atoms with Gasteiger partial charge in [0.1, 0.15) is 12.1 Å². The van der Waals surface area contributed by atoms with Crippen molar-refractivity contribution in [1.29, 1.82) is 5.26 Å². The molecular weight excluding hydrogens is 410 g/mol. The number of carbonyl (C=O) groups is 2. The number of nitriles is 1. The molecule has 0 bridgehead atoms. The number of hydrogen-bond acceptors (Lipinski definition) is 7. The Bertz CT molecular complexity index is 1240. The van der Waals surface area contributed by atoms with Crippen LogP contribution in [-0.4, -0.2) is 31.5 Å². The molecule has 0 aromatic carbocycles. The standard InChI is InChI=1S/C7H10N2O2.C6H4N2O2.C5H2N3O2/c1-2-4-9-5-3-6(10)8-7(9)11;1-2-4-3-7-6(10)8-5(4)9;6-1-3-2-7-5(10)8-4(3)9/h3,5H,2,4H2,1H3,(H,8,10,11);1,3H,(H2,7,8,9,10);(H2,7,8,9,10). The van der Waals surface area contributed by atoms with Crippen molar-refractivity contribution in [3.63, 3.8) is 0 Å². The summed E-state index contributed by atoms with van der Waals surface area (Å²) in [5.41, 5.74) is -1.64. The first-order chi connectivity index (χ1) is 14.7. The molecule has 1 fully saturated rings. The van der Waals surface area contributed by atoms with Crippen molar-refractivity contribution in [3.8, 4) is 18.4 Å². The summed E-state index contributed by atoms with van der Waals surface area (Å²) in [6.07, 6.45) is 8.49. The van der Waals surface area contributed by atoms with Crippen LogP contribution in [0.5, 0.6) is 0 Å². The van der Waals surface area contributed by atoms with Crippen LogP contribution in [0, 0.1) is 36.1 Å². The third-order valence-corrected chi connectivity index (χ3v) is 3.20. The highest BCUT2D eigenvalue weighted by molar-refractivity contribution is 6.08. The monoisotopic (exact) mass is 426 g/mol. The average molecular weight is 426 g/mol. The predicted octanol–water partition coefficient (Wildman–Crippen LogP) is -2.05. The van der Waals surface area contributed by atoms with Gasteiger partial charge in [-0.2, -0.15) is 5.26 Å². The summed E-state index contributed by atoms with van der Waals surface area (Å²) in [6, 6.07) is 2.23. The Morgan fingerprint density at radius 2 is 1.87 bits per heavy atom. The molecule has 1 aliphatic rings. The molecule has 3 heterocycles. The molecule has 0 spiro atoms. The average Bonchev–Trinajstić information content (AvgIpc) is 2.71. The predicted molar refractivity (Wildman–Crippen MR) is 106 cm³/mol. The number of rotatable bonds is 2. The largest absolute Gasteiger partial charge is 0.328 e. The summed E-state index contributed by atoms with van der Waals surface area (Å²) >= 11 is 0. The number of terminal acetylenes is 1. The van der Waals surface area contributed by atoms with Crippen molar-refractivity contribution in [1.82, 2.24) is 30.2 Å². The highest BCUT2D eigenvalue weighted by Crippen LogP contribution is 2.03. The Balaban J connectivity index is 0.000000233. The molecule has 3 rings (SSSR count). The lowest BCUT2D eigenvalue weighted by Crippen LogP contribution is -2.47. The van der Waals surface area contributed by atoms with E-state index < -0.39 is 23.2 Å². The van der Waals surface area contributed by atoms with Gasteiger partial charge >= 0.3 is 17.4 Å². The van der Waals surface area contributed by atoms with Crippen molar-refractivity contribution in [3.05, 3.63) is 78.2 Å². The lowest BCUT2D eigenvalue weighted by molar-refractivity contribution is -0.117. The normalized spacial score (nSPS) is 12.5. The maximum absolute atomic E-state index is 10.9. The van der Waals surface area contributed by atoms with E-state index in [0.717, 1.165) is 6.42 Å². The number of nitrogens with one attached hydrogen (secondary N) is 5. The number of hydrogen-bond donors (Lipinski definition) is 5. The molecule has 159 valence electrons. The summed E-state index contributed by atoms with van der Waals surface area (Å²) in [5.74, 6) is 1.17. The number of aromatic amines is 3. The summed E-state index contributed by atoms with van der Waals surface area (Å²) in [6.45, 7) is 4.73. The number of aryl methyl sites for hydroxylation is 1. The lowest BCUT2D eigenvalue weighted by atomic mass is 10.1. The number of aromatic nitrogens is 4. The molecule has 1 aliphatic heterocycles. The van der Waals surface area contributed by atoms with E-state index in [0.29, 0.717) is 6.54 Å². The van der Waals surface area contributed by atoms with Gasteiger partial charge in [-0.3, -0.25) is 29.7 Å². The van der Waals surface area contributed by atoms with Crippen LogP contribution in [0.3, 0.4) is 0 Å². The molecule has 0 aliphatic carbocycles. The molecule has 2 aromatic heterocycles. The minimum Gasteiger partial charge on any atom is -0.325 e. The zero-order valence-electron chi connectivity index (χ0n) is 16.1. The zero-order chi connectivity index (χ0) is 23.4. The van der Waals surface area contributed by atoms with Crippen molar-refractivity contribution in [2.24, 2.45) is 0 Å². The van der Waals surface area contributed by atoms with Crippen molar-refractivity contribution in [2.75, 3.05) is 0 Å². The van der Waals surface area contributed by atoms with Gasteiger partial charge < -0.3 is 14.9 Å². The second kappa shape index (κ2) is 12.0. The Labute approximate surface area is 174 Å². The summed E-state index contributed by atoms with van der Waals surface area (Å²) in [4.78, 5) is 69.8. The molecule has 3 radical (unpaired) electrons. The number of carbonyl (C=O) groups excluding carboxylic acids is 2. The smallest absolute Gasteiger partial charge is 0.325 e. The van der Waals surface area contributed by atoms with Crippen LogP contribution in [0.4, 0.5) is 4.79 Å². The Hall–Kier alpha value is -4.65. The van der Waals surface area contributed by atoms with Crippen molar-refractivity contribution in [2.45, 2.75) is 19.9 Å². The Morgan fingerprint density at radius 3 is 2.39 bits per heavy atom. The SMILES string of the molecule is C#Cc1c[nH]c(=O)[nH]c1=O.CCCn1ccc(=O)[nH]c1=O.N#C[C]1[C]NC(=O)NC1=O. The number of H-pyrrole nitrogens is 3. The van der Waals surface area contributed by atoms with Crippen LogP contribution in [0.25, 0.3) is 0 Å². The number of amides is 3. The van der Waals surface area contributed by atoms with Gasteiger partial charge in [0.2, 0.25) is 0 Å². The van der Waals surface area contributed by atoms with E-state index in [1.165, 1.54) is 23.0 Å². The first-order valence-corrected chi connectivity index (χ1v) is 8.44. The number of imide groups is 1. The molecule has 0 saturated carbocycles. The fraction of sp³-hybridized carbons (Fsp3) is 0.167. The van der Waals surface area contributed by atoms with Gasteiger partial charge in [0.05, 0.1) is 6.07 Å². The van der Waals surface area contributed by atoms with E-state index in [2.05, 4.69) is 22.4 Å². The maximum atomic E-state index is 10.9. The van der Waals surface area contributed by atoms with Crippen LogP contribution >= 0.6 is 0 Å². The zero-order valence-corrected chi connectivity index (χ0v) is 16.1. The van der Waals surface area contributed by atoms with Gasteiger partial charge in [0, 0.05) is 25.0 Å². The van der Waals surface area contributed by atoms with Gasteiger partial charge in [0.15, 0.2) is 5.92 Å². The Kier molecular flexibility index (Phi) is 9.46. The van der Waals surface area contributed by atoms with E-state index in [-0.39, 0.29) is 22.7 Å². The molecule has 13 heteroatoms. The number of nitrogens with zero attached hydrogens (tertiary/aromatic N) is 2. The summed E-state index contributed by atoms with van der Waals surface area (Å²) in [5, 5.41) is 12.1. The van der Waals surface area contributed by atoms with Gasteiger partial charge in [-0.05, 0) is 6.42 Å². The minimum absolute atomic E-state index is 0.125. The third-order valence-electron chi connectivity index (χ3n) is 3.20. The fourth-order valence-electron chi connectivity index (χ4n) is 1.83. The van der Waals surface area contributed by atoms with Gasteiger partial charge in [-0.1, -0.05) is 12.8 Å². The molecule has 5 N–H and O–H groups in total. The summed E-state index contributed by atoms with van der Waals surface area (Å²) < 4.78 is 1.47. The third kappa shape index (κ3) is 8.08. The quantitative estimate of drug-likeness (QED) is 0.340. The highest BCUT2D eigenvalue weighted by Gasteiger charge is 2.27. The number of urea groups is 1. The fourth-order valence-corrected chi connectivity index (χ4v) is 1.83. The molecule has 2 aromatic rings. The van der Waals surface area contributed by atoms with Gasteiger partial charge in [-0.15, -0.1) is 6.42 Å². The Morgan fingerprint density at radius 1 is 1.16 bits per heavy atom. The van der Waals surface area contributed by atoms with Gasteiger partial charge in [0.25, 0.3) is 17.0 Å². The maximum Gasteiger partial charge on any atom is 0.328 e. The highest BCUT2D eigenvalue weighted by atomic mass is 16.2. The second-order valence-corrected chi connectivity index (χ2v) is 5.45. The van der Waals surface area contributed by atoms with Crippen LogP contribution in [0.15, 0.2) is 37.6 Å². The first-order valence-electron chi connectivity index (χ1n) is 8.44. The van der Waals surface area contributed by atoms with Gasteiger partial charge in [-0.25, -0.2) is 14.4 Å². The topological polar surface area (TPSA) is 203 Å². The summed E-state index contributed by atoms with van der Waals surface area (Å²) in [7, 11) is 0.